The van der Waals surface area contributed by atoms with Crippen molar-refractivity contribution in [2.75, 3.05) is 31.1 Å². The molecule has 0 N–H and O–H groups in total. The van der Waals surface area contributed by atoms with Crippen LogP contribution >= 0.6 is 11.6 Å². The van der Waals surface area contributed by atoms with E-state index < -0.39 is 4.92 Å². The Bertz CT molecular complexity index is 890. The van der Waals surface area contributed by atoms with Crippen molar-refractivity contribution in [3.8, 4) is 0 Å². The average molecular weight is 377 g/mol. The third-order valence-electron chi connectivity index (χ3n) is 4.31. The molecule has 0 saturated carbocycles. The van der Waals surface area contributed by atoms with Gasteiger partial charge in [-0.25, -0.2) is 0 Å². The van der Waals surface area contributed by atoms with E-state index in [-0.39, 0.29) is 23.7 Å². The van der Waals surface area contributed by atoms with Crippen LogP contribution in [-0.4, -0.2) is 46.5 Å². The number of hydrogen-bond acceptors (Lipinski definition) is 5. The molecule has 1 aromatic carbocycles. The number of carbonyl (C=O) groups excluding carboxylic acids is 1. The van der Waals surface area contributed by atoms with Crippen LogP contribution in [0.1, 0.15) is 0 Å². The lowest BCUT2D eigenvalue weighted by Crippen LogP contribution is -2.50. The molecule has 2 aromatic rings. The van der Waals surface area contributed by atoms with Crippen LogP contribution in [0.25, 0.3) is 0 Å². The smallest absolute Gasteiger partial charge is 0.294 e. The highest BCUT2D eigenvalue weighted by Crippen LogP contribution is 2.31. The van der Waals surface area contributed by atoms with E-state index in [1.807, 2.05) is 4.90 Å². The Balaban J connectivity index is 1.66. The van der Waals surface area contributed by atoms with E-state index in [0.29, 0.717) is 36.9 Å². The van der Waals surface area contributed by atoms with E-state index in [2.05, 4.69) is 0 Å². The van der Waals surface area contributed by atoms with Gasteiger partial charge in [-0.2, -0.15) is 0 Å². The normalized spacial score (nSPS) is 14.3. The van der Waals surface area contributed by atoms with Crippen LogP contribution in [0.15, 0.2) is 47.4 Å². The molecule has 1 aromatic heterocycles. The number of carbonyl (C=O) groups is 1. The standard InChI is InChI=1S/C17H17ClN4O4/c18-13-4-5-14(15(11-13)22(25)26)19-7-9-20(10-8-19)17(24)12-21-6-2-1-3-16(21)23/h1-6,11H,7-10,12H2. The van der Waals surface area contributed by atoms with Crippen molar-refractivity contribution in [2.45, 2.75) is 6.54 Å². The fourth-order valence-corrected chi connectivity index (χ4v) is 3.11. The largest absolute Gasteiger partial charge is 0.362 e. The molecule has 1 fully saturated rings. The molecular formula is C17H17ClN4O4. The van der Waals surface area contributed by atoms with Crippen molar-refractivity contribution >= 4 is 28.9 Å². The number of piperazine rings is 1. The second-order valence-corrected chi connectivity index (χ2v) is 6.36. The molecule has 2 heterocycles. The fourth-order valence-electron chi connectivity index (χ4n) is 2.94. The summed E-state index contributed by atoms with van der Waals surface area (Å²) in [6.07, 6.45) is 1.58. The summed E-state index contributed by atoms with van der Waals surface area (Å²) in [7, 11) is 0. The van der Waals surface area contributed by atoms with Crippen LogP contribution < -0.4 is 10.5 Å². The molecule has 136 valence electrons. The number of rotatable bonds is 4. The van der Waals surface area contributed by atoms with Crippen LogP contribution in [0.5, 0.6) is 0 Å². The Kier molecular flexibility index (Phi) is 5.22. The van der Waals surface area contributed by atoms with Crippen LogP contribution in [0.4, 0.5) is 11.4 Å². The quantitative estimate of drug-likeness (QED) is 0.599. The Morgan fingerprint density at radius 2 is 1.88 bits per heavy atom. The summed E-state index contributed by atoms with van der Waals surface area (Å²) in [5, 5.41) is 11.6. The molecule has 0 spiro atoms. The first-order valence-electron chi connectivity index (χ1n) is 8.08. The van der Waals surface area contributed by atoms with E-state index in [9.17, 15) is 19.7 Å². The molecule has 0 atom stereocenters. The summed E-state index contributed by atoms with van der Waals surface area (Å²) in [5.74, 6) is -0.149. The molecule has 1 aliphatic rings. The Morgan fingerprint density at radius 3 is 2.54 bits per heavy atom. The monoisotopic (exact) mass is 376 g/mol. The second kappa shape index (κ2) is 7.57. The van der Waals surface area contributed by atoms with Crippen molar-refractivity contribution in [2.24, 2.45) is 0 Å². The van der Waals surface area contributed by atoms with Crippen molar-refractivity contribution < 1.29 is 9.72 Å². The first-order valence-corrected chi connectivity index (χ1v) is 8.45. The predicted octanol–water partition coefficient (Wildman–Crippen LogP) is 1.76. The summed E-state index contributed by atoms with van der Waals surface area (Å²) in [4.78, 5) is 38.4. The van der Waals surface area contributed by atoms with Gasteiger partial charge in [0.1, 0.15) is 12.2 Å². The molecule has 0 radical (unpaired) electrons. The van der Waals surface area contributed by atoms with Gasteiger partial charge in [0.25, 0.3) is 11.2 Å². The number of nitro benzene ring substituents is 1. The van der Waals surface area contributed by atoms with E-state index in [1.54, 1.807) is 35.4 Å². The maximum atomic E-state index is 12.4. The number of pyridine rings is 1. The summed E-state index contributed by atoms with van der Waals surface area (Å²) in [6, 6.07) is 9.30. The van der Waals surface area contributed by atoms with Crippen molar-refractivity contribution in [1.82, 2.24) is 9.47 Å². The summed E-state index contributed by atoms with van der Waals surface area (Å²) in [6.45, 7) is 1.79. The Hall–Kier alpha value is -2.87. The van der Waals surface area contributed by atoms with Gasteiger partial charge in [-0.3, -0.25) is 19.7 Å². The minimum atomic E-state index is -0.458. The summed E-state index contributed by atoms with van der Waals surface area (Å²) >= 11 is 5.85. The number of amides is 1. The Labute approximate surface area is 154 Å². The number of benzene rings is 1. The SMILES string of the molecule is O=C(Cn1ccccc1=O)N1CCN(c2ccc(Cl)cc2[N+](=O)[O-])CC1. The molecule has 0 unspecified atom stereocenters. The molecule has 1 amide bonds. The third kappa shape index (κ3) is 3.85. The molecule has 8 nitrogen and oxygen atoms in total. The zero-order valence-corrected chi connectivity index (χ0v) is 14.6. The van der Waals surface area contributed by atoms with E-state index in [0.717, 1.165) is 0 Å². The van der Waals surface area contributed by atoms with Crippen LogP contribution in [-0.2, 0) is 11.3 Å². The molecular weight excluding hydrogens is 360 g/mol. The van der Waals surface area contributed by atoms with Crippen LogP contribution in [0, 0.1) is 10.1 Å². The first kappa shape index (κ1) is 17.9. The number of nitro groups is 1. The van der Waals surface area contributed by atoms with E-state index in [4.69, 9.17) is 11.6 Å². The molecule has 0 bridgehead atoms. The van der Waals surface area contributed by atoms with Gasteiger partial charge >= 0.3 is 0 Å². The molecule has 3 rings (SSSR count). The van der Waals surface area contributed by atoms with Crippen molar-refractivity contribution in [3.63, 3.8) is 0 Å². The maximum Gasteiger partial charge on any atom is 0.294 e. The number of nitrogens with zero attached hydrogens (tertiary/aromatic N) is 4. The van der Waals surface area contributed by atoms with E-state index >= 15 is 0 Å². The van der Waals surface area contributed by atoms with Crippen molar-refractivity contribution in [3.05, 3.63) is 68.1 Å². The lowest BCUT2D eigenvalue weighted by atomic mass is 10.2. The molecule has 9 heteroatoms. The number of hydrogen-bond donors (Lipinski definition) is 0. The minimum absolute atomic E-state index is 0.0131. The highest BCUT2D eigenvalue weighted by Gasteiger charge is 2.26. The highest BCUT2D eigenvalue weighted by atomic mass is 35.5. The lowest BCUT2D eigenvalue weighted by molar-refractivity contribution is -0.384. The minimum Gasteiger partial charge on any atom is -0.362 e. The number of aromatic nitrogens is 1. The van der Waals surface area contributed by atoms with Gasteiger partial charge in [-0.1, -0.05) is 17.7 Å². The van der Waals surface area contributed by atoms with Gasteiger partial charge in [-0.15, -0.1) is 0 Å². The average Bonchev–Trinajstić information content (AvgIpc) is 2.63. The molecule has 26 heavy (non-hydrogen) atoms. The maximum absolute atomic E-state index is 12.4. The van der Waals surface area contributed by atoms with Gasteiger partial charge in [0, 0.05) is 49.5 Å². The first-order chi connectivity index (χ1) is 12.5. The zero-order chi connectivity index (χ0) is 18.7. The van der Waals surface area contributed by atoms with Gasteiger partial charge in [-0.05, 0) is 18.2 Å². The number of halogens is 1. The highest BCUT2D eigenvalue weighted by molar-refractivity contribution is 6.30. The zero-order valence-electron chi connectivity index (χ0n) is 13.9. The molecule has 0 aliphatic carbocycles. The molecule has 1 aliphatic heterocycles. The van der Waals surface area contributed by atoms with Crippen LogP contribution in [0.2, 0.25) is 5.02 Å². The van der Waals surface area contributed by atoms with Crippen molar-refractivity contribution in [1.29, 1.82) is 0 Å². The topological polar surface area (TPSA) is 88.7 Å². The Morgan fingerprint density at radius 1 is 1.15 bits per heavy atom. The summed E-state index contributed by atoms with van der Waals surface area (Å²) in [5.41, 5.74) is 0.218. The van der Waals surface area contributed by atoms with E-state index in [1.165, 1.54) is 16.7 Å². The number of anilines is 1. The lowest BCUT2D eigenvalue weighted by Gasteiger charge is -2.35. The fraction of sp³-hybridized carbons (Fsp3) is 0.294. The van der Waals surface area contributed by atoms with Gasteiger partial charge in [0.05, 0.1) is 4.92 Å². The van der Waals surface area contributed by atoms with Crippen LogP contribution in [0.3, 0.4) is 0 Å². The van der Waals surface area contributed by atoms with Gasteiger partial charge in [0.2, 0.25) is 5.91 Å². The van der Waals surface area contributed by atoms with Gasteiger partial charge in [0.15, 0.2) is 0 Å². The predicted molar refractivity (Wildman–Crippen MR) is 97.6 cm³/mol. The molecule has 1 saturated heterocycles. The second-order valence-electron chi connectivity index (χ2n) is 5.92. The summed E-state index contributed by atoms with van der Waals surface area (Å²) < 4.78 is 1.36. The van der Waals surface area contributed by atoms with Gasteiger partial charge < -0.3 is 14.4 Å². The third-order valence-corrected chi connectivity index (χ3v) is 4.55.